The van der Waals surface area contributed by atoms with E-state index in [1.807, 2.05) is 21.7 Å². The average Bonchev–Trinajstić information content (AvgIpc) is 3.09. The Hall–Kier alpha value is -1.69. The van der Waals surface area contributed by atoms with Crippen molar-refractivity contribution < 1.29 is 9.32 Å². The van der Waals surface area contributed by atoms with E-state index in [-0.39, 0.29) is 11.8 Å². The zero-order chi connectivity index (χ0) is 13.2. The molecule has 0 spiro atoms. The minimum absolute atomic E-state index is 0.103. The number of nitrogens with zero attached hydrogens (tertiary/aromatic N) is 3. The number of likely N-dealkylation sites (tertiary alicyclic amines) is 1. The van der Waals surface area contributed by atoms with E-state index in [1.165, 1.54) is 0 Å². The molecule has 100 valence electrons. The molecule has 1 atom stereocenters. The molecule has 5 nitrogen and oxygen atoms in total. The van der Waals surface area contributed by atoms with Gasteiger partial charge in [-0.05, 0) is 24.3 Å². The Morgan fingerprint density at radius 3 is 3.16 bits per heavy atom. The third-order valence-electron chi connectivity index (χ3n) is 3.39. The van der Waals surface area contributed by atoms with Gasteiger partial charge in [-0.3, -0.25) is 4.79 Å². The minimum atomic E-state index is 0.103. The van der Waals surface area contributed by atoms with Gasteiger partial charge in [0.05, 0.1) is 5.56 Å². The molecule has 0 N–H and O–H groups in total. The van der Waals surface area contributed by atoms with Crippen molar-refractivity contribution >= 4 is 17.2 Å². The molecule has 1 aliphatic rings. The van der Waals surface area contributed by atoms with Crippen molar-refractivity contribution in [2.45, 2.75) is 25.7 Å². The Balaban J connectivity index is 1.73. The molecule has 3 rings (SSSR count). The summed E-state index contributed by atoms with van der Waals surface area (Å²) in [6, 6.07) is 1.87. The lowest BCUT2D eigenvalue weighted by atomic mass is 9.97. The van der Waals surface area contributed by atoms with Crippen LogP contribution in [-0.4, -0.2) is 34.0 Å². The monoisotopic (exact) mass is 277 g/mol. The highest BCUT2D eigenvalue weighted by molar-refractivity contribution is 7.08. The number of carbonyl (C=O) groups is 1. The van der Waals surface area contributed by atoms with Crippen LogP contribution in [0.25, 0.3) is 0 Å². The van der Waals surface area contributed by atoms with Crippen LogP contribution in [0.1, 0.15) is 40.8 Å². The fourth-order valence-electron chi connectivity index (χ4n) is 2.42. The Morgan fingerprint density at radius 2 is 2.47 bits per heavy atom. The van der Waals surface area contributed by atoms with Gasteiger partial charge in [-0.2, -0.15) is 16.3 Å². The van der Waals surface area contributed by atoms with E-state index in [2.05, 4.69) is 10.1 Å². The second kappa shape index (κ2) is 5.13. The van der Waals surface area contributed by atoms with E-state index < -0.39 is 0 Å². The van der Waals surface area contributed by atoms with Gasteiger partial charge in [-0.1, -0.05) is 5.16 Å². The number of hydrogen-bond acceptors (Lipinski definition) is 5. The summed E-state index contributed by atoms with van der Waals surface area (Å²) in [5, 5.41) is 7.80. The lowest BCUT2D eigenvalue weighted by Crippen LogP contribution is -2.39. The molecule has 0 saturated carbocycles. The van der Waals surface area contributed by atoms with Crippen LogP contribution in [0.2, 0.25) is 0 Å². The lowest BCUT2D eigenvalue weighted by Gasteiger charge is -2.31. The standard InChI is InChI=1S/C13H15N3O2S/c1-9-14-12(15-18-9)10-3-2-5-16(7-10)13(17)11-4-6-19-8-11/h4,6,8,10H,2-3,5,7H2,1H3. The molecule has 0 radical (unpaired) electrons. The third kappa shape index (κ3) is 2.53. The van der Waals surface area contributed by atoms with Crippen molar-refractivity contribution in [1.82, 2.24) is 15.0 Å². The molecule has 1 fully saturated rings. The topological polar surface area (TPSA) is 59.2 Å². The van der Waals surface area contributed by atoms with Crippen LogP contribution >= 0.6 is 11.3 Å². The summed E-state index contributed by atoms with van der Waals surface area (Å²) in [5.74, 6) is 1.59. The first-order valence-corrected chi connectivity index (χ1v) is 7.30. The Morgan fingerprint density at radius 1 is 1.58 bits per heavy atom. The summed E-state index contributed by atoms with van der Waals surface area (Å²) in [6.07, 6.45) is 1.99. The zero-order valence-electron chi connectivity index (χ0n) is 10.7. The SMILES string of the molecule is Cc1nc(C2CCCN(C(=O)c3ccsc3)C2)no1. The van der Waals surface area contributed by atoms with Gasteiger partial charge in [-0.15, -0.1) is 0 Å². The van der Waals surface area contributed by atoms with Gasteiger partial charge >= 0.3 is 0 Å². The molecule has 2 aromatic heterocycles. The molecule has 0 aliphatic carbocycles. The molecule has 3 heterocycles. The fourth-order valence-corrected chi connectivity index (χ4v) is 3.05. The number of aromatic nitrogens is 2. The highest BCUT2D eigenvalue weighted by Crippen LogP contribution is 2.26. The van der Waals surface area contributed by atoms with E-state index in [0.29, 0.717) is 12.4 Å². The van der Waals surface area contributed by atoms with Crippen molar-refractivity contribution in [1.29, 1.82) is 0 Å². The van der Waals surface area contributed by atoms with Crippen molar-refractivity contribution in [3.8, 4) is 0 Å². The molecule has 0 aromatic carbocycles. The van der Waals surface area contributed by atoms with Gasteiger partial charge in [-0.25, -0.2) is 0 Å². The van der Waals surface area contributed by atoms with Crippen molar-refractivity contribution in [3.63, 3.8) is 0 Å². The maximum atomic E-state index is 12.3. The molecule has 1 aliphatic heterocycles. The van der Waals surface area contributed by atoms with Crippen LogP contribution in [0.5, 0.6) is 0 Å². The van der Waals surface area contributed by atoms with E-state index in [1.54, 1.807) is 18.3 Å². The van der Waals surface area contributed by atoms with Gasteiger partial charge in [0.1, 0.15) is 0 Å². The first kappa shape index (κ1) is 12.3. The highest BCUT2D eigenvalue weighted by Gasteiger charge is 2.28. The number of amides is 1. The van der Waals surface area contributed by atoms with Crippen LogP contribution in [0.3, 0.4) is 0 Å². The van der Waals surface area contributed by atoms with Gasteiger partial charge < -0.3 is 9.42 Å². The van der Waals surface area contributed by atoms with Gasteiger partial charge in [0.15, 0.2) is 5.82 Å². The summed E-state index contributed by atoms with van der Waals surface area (Å²) >= 11 is 1.55. The number of hydrogen-bond donors (Lipinski definition) is 0. The van der Waals surface area contributed by atoms with Gasteiger partial charge in [0.25, 0.3) is 5.91 Å². The molecule has 2 aromatic rings. The lowest BCUT2D eigenvalue weighted by molar-refractivity contribution is 0.0704. The van der Waals surface area contributed by atoms with Crippen molar-refractivity contribution in [3.05, 3.63) is 34.1 Å². The first-order chi connectivity index (χ1) is 9.24. The summed E-state index contributed by atoms with van der Waals surface area (Å²) < 4.78 is 5.02. The van der Waals surface area contributed by atoms with Gasteiger partial charge in [0, 0.05) is 31.3 Å². The maximum absolute atomic E-state index is 12.3. The molecule has 1 amide bonds. The minimum Gasteiger partial charge on any atom is -0.340 e. The largest absolute Gasteiger partial charge is 0.340 e. The summed E-state index contributed by atoms with van der Waals surface area (Å²) in [6.45, 7) is 3.27. The molecule has 1 saturated heterocycles. The normalized spacial score (nSPS) is 19.6. The van der Waals surface area contributed by atoms with Crippen molar-refractivity contribution in [2.24, 2.45) is 0 Å². The Bertz CT molecular complexity index is 564. The number of carbonyl (C=O) groups excluding carboxylic acids is 1. The van der Waals surface area contributed by atoms with Crippen molar-refractivity contribution in [2.75, 3.05) is 13.1 Å². The van der Waals surface area contributed by atoms with Crippen LogP contribution in [0.4, 0.5) is 0 Å². The maximum Gasteiger partial charge on any atom is 0.254 e. The summed E-state index contributed by atoms with van der Waals surface area (Å²) in [4.78, 5) is 18.5. The average molecular weight is 277 g/mol. The number of aryl methyl sites for hydroxylation is 1. The Labute approximate surface area is 115 Å². The van der Waals surface area contributed by atoms with Crippen LogP contribution < -0.4 is 0 Å². The number of rotatable bonds is 2. The molecular weight excluding hydrogens is 262 g/mol. The van der Waals surface area contributed by atoms with E-state index in [4.69, 9.17) is 4.52 Å². The fraction of sp³-hybridized carbons (Fsp3) is 0.462. The molecule has 19 heavy (non-hydrogen) atoms. The molecule has 1 unspecified atom stereocenters. The van der Waals surface area contributed by atoms with E-state index in [0.717, 1.165) is 30.8 Å². The highest BCUT2D eigenvalue weighted by atomic mass is 32.1. The van der Waals surface area contributed by atoms with Crippen LogP contribution in [0, 0.1) is 6.92 Å². The van der Waals surface area contributed by atoms with Crippen LogP contribution in [-0.2, 0) is 0 Å². The third-order valence-corrected chi connectivity index (χ3v) is 4.07. The molecular formula is C13H15N3O2S. The number of thiophene rings is 1. The predicted molar refractivity (Wildman–Crippen MR) is 71.2 cm³/mol. The van der Waals surface area contributed by atoms with E-state index >= 15 is 0 Å². The molecule has 6 heteroatoms. The molecule has 0 bridgehead atoms. The van der Waals surface area contributed by atoms with E-state index in [9.17, 15) is 4.79 Å². The van der Waals surface area contributed by atoms with Crippen LogP contribution in [0.15, 0.2) is 21.3 Å². The quantitative estimate of drug-likeness (QED) is 0.846. The zero-order valence-corrected chi connectivity index (χ0v) is 11.5. The second-order valence-corrected chi connectivity index (χ2v) is 5.55. The second-order valence-electron chi connectivity index (χ2n) is 4.77. The summed E-state index contributed by atoms with van der Waals surface area (Å²) in [5.41, 5.74) is 0.773. The van der Waals surface area contributed by atoms with Gasteiger partial charge in [0.2, 0.25) is 5.89 Å². The smallest absolute Gasteiger partial charge is 0.254 e. The predicted octanol–water partition coefficient (Wildman–Crippen LogP) is 2.46. The summed E-state index contributed by atoms with van der Waals surface area (Å²) in [7, 11) is 0. The number of piperidine rings is 1. The Kier molecular flexibility index (Phi) is 3.33. The first-order valence-electron chi connectivity index (χ1n) is 6.35.